The van der Waals surface area contributed by atoms with Gasteiger partial charge < -0.3 is 0 Å². The predicted molar refractivity (Wildman–Crippen MR) is 84.0 cm³/mol. The molecule has 0 amide bonds. The van der Waals surface area contributed by atoms with E-state index in [0.717, 1.165) is 0 Å². The summed E-state index contributed by atoms with van der Waals surface area (Å²) in [7, 11) is -7.04. The highest BCUT2D eigenvalue weighted by Crippen LogP contribution is 2.19. The molecule has 1 aliphatic heterocycles. The molecule has 1 aromatic rings. The second kappa shape index (κ2) is 6.64. The van der Waals surface area contributed by atoms with Gasteiger partial charge in [0.15, 0.2) is 0 Å². The van der Waals surface area contributed by atoms with E-state index >= 15 is 0 Å². The van der Waals surface area contributed by atoms with Crippen LogP contribution in [-0.2, 0) is 20.0 Å². The number of nitriles is 1. The van der Waals surface area contributed by atoms with Gasteiger partial charge in [0, 0.05) is 24.1 Å². The van der Waals surface area contributed by atoms with Crippen LogP contribution in [0, 0.1) is 11.3 Å². The summed E-state index contributed by atoms with van der Waals surface area (Å²) < 4.78 is 51.7. The fourth-order valence-corrected chi connectivity index (χ4v) is 5.38. The minimum atomic E-state index is -3.80. The summed E-state index contributed by atoms with van der Waals surface area (Å²) >= 11 is 3.15. The number of hydrogen-bond donors (Lipinski definition) is 1. The van der Waals surface area contributed by atoms with Crippen LogP contribution in [-0.4, -0.2) is 46.5 Å². The molecule has 22 heavy (non-hydrogen) atoms. The van der Waals surface area contributed by atoms with Crippen LogP contribution in [0.3, 0.4) is 0 Å². The zero-order valence-electron chi connectivity index (χ0n) is 11.5. The van der Waals surface area contributed by atoms with Crippen molar-refractivity contribution in [2.45, 2.75) is 11.3 Å². The van der Waals surface area contributed by atoms with Gasteiger partial charge >= 0.3 is 0 Å². The lowest BCUT2D eigenvalue weighted by Gasteiger charge is -2.14. The molecule has 7 nitrogen and oxygen atoms in total. The van der Waals surface area contributed by atoms with Crippen LogP contribution in [0.25, 0.3) is 0 Å². The van der Waals surface area contributed by atoms with Crippen molar-refractivity contribution in [2.75, 3.05) is 25.4 Å². The first-order chi connectivity index (χ1) is 10.2. The van der Waals surface area contributed by atoms with Gasteiger partial charge in [-0.05, 0) is 24.6 Å². The summed E-state index contributed by atoms with van der Waals surface area (Å²) in [5, 5.41) is 8.87. The molecule has 1 heterocycles. The normalized spacial score (nSPS) is 18.2. The van der Waals surface area contributed by atoms with E-state index in [4.69, 9.17) is 5.26 Å². The van der Waals surface area contributed by atoms with Gasteiger partial charge in [-0.1, -0.05) is 15.9 Å². The van der Waals surface area contributed by atoms with Crippen LogP contribution in [0.5, 0.6) is 0 Å². The summed E-state index contributed by atoms with van der Waals surface area (Å²) in [6, 6.07) is 6.04. The van der Waals surface area contributed by atoms with Crippen molar-refractivity contribution < 1.29 is 16.8 Å². The van der Waals surface area contributed by atoms with Gasteiger partial charge in [-0.3, -0.25) is 0 Å². The molecule has 0 unspecified atom stereocenters. The minimum absolute atomic E-state index is 0.0179. The van der Waals surface area contributed by atoms with Crippen LogP contribution in [0.15, 0.2) is 27.6 Å². The van der Waals surface area contributed by atoms with Crippen molar-refractivity contribution >= 4 is 36.0 Å². The smallest absolute Gasteiger partial charge is 0.212 e. The Labute approximate surface area is 138 Å². The lowest BCUT2D eigenvalue weighted by Crippen LogP contribution is -2.35. The van der Waals surface area contributed by atoms with Gasteiger partial charge in [-0.15, -0.1) is 0 Å². The second-order valence-electron chi connectivity index (χ2n) is 4.75. The Balaban J connectivity index is 2.06. The molecule has 0 spiro atoms. The molecule has 0 aromatic heterocycles. The fourth-order valence-electron chi connectivity index (χ4n) is 2.11. The molecule has 1 N–H and O–H groups in total. The maximum Gasteiger partial charge on any atom is 0.240 e. The van der Waals surface area contributed by atoms with E-state index in [1.165, 1.54) is 22.5 Å². The quantitative estimate of drug-likeness (QED) is 0.769. The molecule has 0 atom stereocenters. The largest absolute Gasteiger partial charge is 0.240 e. The van der Waals surface area contributed by atoms with Crippen molar-refractivity contribution in [1.82, 2.24) is 9.03 Å². The van der Waals surface area contributed by atoms with Gasteiger partial charge in [0.2, 0.25) is 20.0 Å². The number of benzene rings is 1. The molecule has 1 aromatic carbocycles. The second-order valence-corrected chi connectivity index (χ2v) is 9.52. The molecule has 0 bridgehead atoms. The Morgan fingerprint density at radius 1 is 1.36 bits per heavy atom. The van der Waals surface area contributed by atoms with Crippen molar-refractivity contribution in [1.29, 1.82) is 5.26 Å². The van der Waals surface area contributed by atoms with Gasteiger partial charge in [0.05, 0.1) is 22.3 Å². The topological polar surface area (TPSA) is 107 Å². The number of hydrogen-bond acceptors (Lipinski definition) is 5. The van der Waals surface area contributed by atoms with Crippen LogP contribution < -0.4 is 4.72 Å². The van der Waals surface area contributed by atoms with Crippen LogP contribution in [0.1, 0.15) is 12.0 Å². The minimum Gasteiger partial charge on any atom is -0.212 e. The maximum atomic E-state index is 12.2. The predicted octanol–water partition coefficient (Wildman–Crippen LogP) is 0.635. The summed E-state index contributed by atoms with van der Waals surface area (Å²) in [4.78, 5) is -0.0392. The molecule has 1 aliphatic rings. The van der Waals surface area contributed by atoms with Gasteiger partial charge in [-0.25, -0.2) is 25.9 Å². The third kappa shape index (κ3) is 4.05. The SMILES string of the molecule is N#Cc1cc(Br)cc(S(=O)(=O)NCCN2CCCS2(=O)=O)c1. The molecule has 0 aliphatic carbocycles. The molecule has 120 valence electrons. The Hall–Kier alpha value is -0.990. The molecular weight excluding hydrogens is 394 g/mol. The Kier molecular flexibility index (Phi) is 5.24. The highest BCUT2D eigenvalue weighted by atomic mass is 79.9. The zero-order valence-corrected chi connectivity index (χ0v) is 14.7. The van der Waals surface area contributed by atoms with Crippen molar-refractivity contribution in [3.8, 4) is 6.07 Å². The molecule has 2 rings (SSSR count). The Morgan fingerprint density at radius 3 is 2.68 bits per heavy atom. The van der Waals surface area contributed by atoms with Crippen LogP contribution >= 0.6 is 15.9 Å². The lowest BCUT2D eigenvalue weighted by atomic mass is 10.2. The van der Waals surface area contributed by atoms with E-state index in [9.17, 15) is 16.8 Å². The van der Waals surface area contributed by atoms with Gasteiger partial charge in [-0.2, -0.15) is 5.26 Å². The van der Waals surface area contributed by atoms with Crippen LogP contribution in [0.2, 0.25) is 0 Å². The van der Waals surface area contributed by atoms with E-state index in [2.05, 4.69) is 20.7 Å². The monoisotopic (exact) mass is 407 g/mol. The van der Waals surface area contributed by atoms with Crippen molar-refractivity contribution in [2.24, 2.45) is 0 Å². The number of nitrogens with zero attached hydrogens (tertiary/aromatic N) is 2. The Morgan fingerprint density at radius 2 is 2.09 bits per heavy atom. The third-order valence-electron chi connectivity index (χ3n) is 3.17. The summed E-state index contributed by atoms with van der Waals surface area (Å²) in [6.07, 6.45) is 0.562. The average Bonchev–Trinajstić information content (AvgIpc) is 2.77. The van der Waals surface area contributed by atoms with E-state index in [1.807, 2.05) is 6.07 Å². The summed E-state index contributed by atoms with van der Waals surface area (Å²) in [5.41, 5.74) is 0.219. The summed E-state index contributed by atoms with van der Waals surface area (Å²) in [6.45, 7) is 0.496. The molecule has 1 fully saturated rings. The zero-order chi connectivity index (χ0) is 16.4. The molecular formula is C12H14BrN3O4S2. The number of rotatable bonds is 5. The first-order valence-corrected chi connectivity index (χ1v) is 10.3. The highest BCUT2D eigenvalue weighted by molar-refractivity contribution is 9.10. The molecule has 10 heteroatoms. The van der Waals surface area contributed by atoms with Gasteiger partial charge in [0.25, 0.3) is 0 Å². The molecule has 0 radical (unpaired) electrons. The van der Waals surface area contributed by atoms with E-state index in [-0.39, 0.29) is 29.3 Å². The van der Waals surface area contributed by atoms with Crippen molar-refractivity contribution in [3.63, 3.8) is 0 Å². The standard InChI is InChI=1S/C12H14BrN3O4S2/c13-11-6-10(9-14)7-12(8-11)22(19,20)15-2-4-16-3-1-5-21(16,17)18/h6-8,15H,1-5H2. The first kappa shape index (κ1) is 17.4. The number of nitrogens with one attached hydrogen (secondary N) is 1. The third-order valence-corrected chi connectivity index (χ3v) is 7.02. The first-order valence-electron chi connectivity index (χ1n) is 6.43. The van der Waals surface area contributed by atoms with Gasteiger partial charge in [0.1, 0.15) is 0 Å². The summed E-state index contributed by atoms with van der Waals surface area (Å²) in [5.74, 6) is 0.108. The Bertz CT molecular complexity index is 815. The molecule has 0 saturated carbocycles. The van der Waals surface area contributed by atoms with Crippen LogP contribution in [0.4, 0.5) is 0 Å². The van der Waals surface area contributed by atoms with E-state index in [0.29, 0.717) is 17.4 Å². The average molecular weight is 408 g/mol. The van der Waals surface area contributed by atoms with E-state index in [1.54, 1.807) is 0 Å². The lowest BCUT2D eigenvalue weighted by molar-refractivity contribution is 0.444. The fraction of sp³-hybridized carbons (Fsp3) is 0.417. The highest BCUT2D eigenvalue weighted by Gasteiger charge is 2.28. The molecule has 1 saturated heterocycles. The number of sulfonamides is 2. The maximum absolute atomic E-state index is 12.2. The van der Waals surface area contributed by atoms with E-state index < -0.39 is 20.0 Å². The van der Waals surface area contributed by atoms with Crippen molar-refractivity contribution in [3.05, 3.63) is 28.2 Å². The number of halogens is 1.